The second-order valence-electron chi connectivity index (χ2n) is 2.68. The van der Waals surface area contributed by atoms with Crippen LogP contribution < -0.4 is 0 Å². The van der Waals surface area contributed by atoms with Crippen molar-refractivity contribution >= 4 is 22.6 Å². The molecule has 15 heavy (non-hydrogen) atoms. The standard InChI is InChI=1S/C8H7ClFN3OS/c1-15(14)13(5-11)4-6-2-7(10)8(9)12-3-6/h2-3H,4H2,1H3. The molecule has 0 saturated carbocycles. The molecule has 0 aromatic carbocycles. The fourth-order valence-electron chi connectivity index (χ4n) is 0.897. The van der Waals surface area contributed by atoms with Crippen LogP contribution in [0.1, 0.15) is 5.56 Å². The first-order valence-electron chi connectivity index (χ1n) is 3.85. The van der Waals surface area contributed by atoms with E-state index in [1.807, 2.05) is 0 Å². The van der Waals surface area contributed by atoms with Gasteiger partial charge in [0.25, 0.3) is 0 Å². The lowest BCUT2D eigenvalue weighted by atomic mass is 10.3. The van der Waals surface area contributed by atoms with Gasteiger partial charge in [0.15, 0.2) is 16.2 Å². The zero-order valence-electron chi connectivity index (χ0n) is 7.78. The maximum absolute atomic E-state index is 13.0. The van der Waals surface area contributed by atoms with Crippen molar-refractivity contribution in [3.05, 3.63) is 28.8 Å². The van der Waals surface area contributed by atoms with Crippen molar-refractivity contribution in [1.82, 2.24) is 4.98 Å². The summed E-state index contributed by atoms with van der Waals surface area (Å²) in [6.07, 6.45) is 4.43. The quantitative estimate of drug-likeness (QED) is 0.344. The Hall–Kier alpha value is -1.03. The van der Waals surface area contributed by atoms with Crippen molar-refractivity contribution < 1.29 is 12.9 Å². The van der Waals surface area contributed by atoms with Crippen molar-refractivity contribution in [2.24, 2.45) is 0 Å². The van der Waals surface area contributed by atoms with Crippen LogP contribution >= 0.6 is 11.6 Å². The molecule has 1 aromatic heterocycles. The van der Waals surface area contributed by atoms with Gasteiger partial charge in [-0.25, -0.2) is 9.37 Å². The predicted molar refractivity (Wildman–Crippen MR) is 52.8 cm³/mol. The topological polar surface area (TPSA) is 62.8 Å². The summed E-state index contributed by atoms with van der Waals surface area (Å²) in [5.74, 6) is -0.658. The van der Waals surface area contributed by atoms with E-state index in [0.29, 0.717) is 5.56 Å². The van der Waals surface area contributed by atoms with Gasteiger partial charge in [0.1, 0.15) is 6.54 Å². The molecule has 0 spiro atoms. The maximum Gasteiger partial charge on any atom is 0.464 e. The Balaban J connectivity index is 2.97. The lowest BCUT2D eigenvalue weighted by molar-refractivity contribution is -0.433. The summed E-state index contributed by atoms with van der Waals surface area (Å²) in [4.78, 5) is 3.58. The second kappa shape index (κ2) is 5.16. The molecule has 7 heteroatoms. The summed E-state index contributed by atoms with van der Waals surface area (Å²) in [5.41, 5.74) is 0.439. The molecule has 0 saturated heterocycles. The third kappa shape index (κ3) is 3.23. The molecule has 0 aliphatic rings. The van der Waals surface area contributed by atoms with E-state index in [2.05, 4.69) is 4.98 Å². The molecule has 0 aliphatic heterocycles. The van der Waals surface area contributed by atoms with E-state index in [4.69, 9.17) is 16.9 Å². The molecule has 0 bridgehead atoms. The van der Waals surface area contributed by atoms with Crippen LogP contribution in [-0.2, 0) is 17.5 Å². The molecule has 80 valence electrons. The number of hydrogen-bond acceptors (Lipinski definition) is 3. The van der Waals surface area contributed by atoms with Gasteiger partial charge in [-0.15, -0.1) is 11.0 Å². The van der Waals surface area contributed by atoms with E-state index in [-0.39, 0.29) is 11.7 Å². The number of pyridine rings is 1. The number of nitrogens with zero attached hydrogens (tertiary/aromatic N) is 3. The first kappa shape index (κ1) is 12.0. The molecule has 0 radical (unpaired) electrons. The van der Waals surface area contributed by atoms with Crippen molar-refractivity contribution in [1.29, 1.82) is 5.26 Å². The maximum atomic E-state index is 13.0. The summed E-state index contributed by atoms with van der Waals surface area (Å²) < 4.78 is 25.0. The summed E-state index contributed by atoms with van der Waals surface area (Å²) >= 11 is 5.39. The van der Waals surface area contributed by atoms with Crippen LogP contribution in [0.4, 0.5) is 4.39 Å². The average molecular weight is 248 g/mol. The van der Waals surface area contributed by atoms with Gasteiger partial charge in [-0.1, -0.05) is 11.6 Å². The van der Waals surface area contributed by atoms with Gasteiger partial charge in [-0.05, 0) is 12.3 Å². The molecular formula is C8H7ClFN3OS. The smallest absolute Gasteiger partial charge is 0.464 e. The summed E-state index contributed by atoms with van der Waals surface area (Å²) in [5, 5.41) is 8.40. The highest BCUT2D eigenvalue weighted by Gasteiger charge is 2.06. The third-order valence-electron chi connectivity index (χ3n) is 1.60. The summed E-state index contributed by atoms with van der Waals surface area (Å²) in [6.45, 7) is 0.0424. The molecule has 1 heterocycles. The SMILES string of the molecule is CS([O-])=[N+](C#N)Cc1cnc(Cl)c(F)c1. The van der Waals surface area contributed by atoms with Gasteiger partial charge >= 0.3 is 6.19 Å². The molecule has 1 atom stereocenters. The Labute approximate surface area is 93.8 Å². The Kier molecular flexibility index (Phi) is 4.15. The number of hydrogen-bond donors (Lipinski definition) is 0. The molecule has 0 aliphatic carbocycles. The lowest BCUT2D eigenvalue weighted by Gasteiger charge is -2.06. The fourth-order valence-corrected chi connectivity index (χ4v) is 1.45. The highest BCUT2D eigenvalue weighted by molar-refractivity contribution is 7.78. The van der Waals surface area contributed by atoms with Crippen LogP contribution in [-0.4, -0.2) is 19.7 Å². The van der Waals surface area contributed by atoms with Gasteiger partial charge in [0, 0.05) is 11.8 Å². The average Bonchev–Trinajstić information content (AvgIpc) is 2.19. The monoisotopic (exact) mass is 247 g/mol. The predicted octanol–water partition coefficient (Wildman–Crippen LogP) is 1.43. The van der Waals surface area contributed by atoms with Gasteiger partial charge in [-0.2, -0.15) is 3.95 Å². The highest BCUT2D eigenvalue weighted by atomic mass is 35.5. The number of halogens is 2. The molecule has 1 unspecified atom stereocenters. The third-order valence-corrected chi connectivity index (χ3v) is 2.71. The summed E-state index contributed by atoms with van der Waals surface area (Å²) in [6, 6.07) is 1.16. The van der Waals surface area contributed by atoms with E-state index in [9.17, 15) is 8.94 Å². The molecule has 0 fully saturated rings. The Morgan fingerprint density at radius 2 is 2.47 bits per heavy atom. The Morgan fingerprint density at radius 1 is 1.80 bits per heavy atom. The minimum absolute atomic E-state index is 0.0424. The normalized spacial score (nSPS) is 13.1. The zero-order valence-corrected chi connectivity index (χ0v) is 9.35. The lowest BCUT2D eigenvalue weighted by Crippen LogP contribution is -2.10. The van der Waals surface area contributed by atoms with Crippen LogP contribution in [0.25, 0.3) is 0 Å². The van der Waals surface area contributed by atoms with Crippen molar-refractivity contribution in [2.45, 2.75) is 6.54 Å². The molecule has 0 amide bonds. The zero-order chi connectivity index (χ0) is 11.4. The van der Waals surface area contributed by atoms with Gasteiger partial charge in [-0.3, -0.25) is 0 Å². The Morgan fingerprint density at radius 3 is 2.93 bits per heavy atom. The van der Waals surface area contributed by atoms with E-state index >= 15 is 0 Å². The van der Waals surface area contributed by atoms with Crippen LogP contribution in [0.15, 0.2) is 12.3 Å². The molecule has 0 N–H and O–H groups in total. The first-order chi connectivity index (χ1) is 7.04. The summed E-state index contributed by atoms with van der Waals surface area (Å²) in [7, 11) is -1.43. The minimum atomic E-state index is -1.43. The second-order valence-corrected chi connectivity index (χ2v) is 4.32. The molecular weight excluding hydrogens is 241 g/mol. The van der Waals surface area contributed by atoms with Crippen molar-refractivity contribution in [2.75, 3.05) is 6.26 Å². The molecule has 4 nitrogen and oxygen atoms in total. The van der Waals surface area contributed by atoms with Gasteiger partial charge in [0.2, 0.25) is 0 Å². The highest BCUT2D eigenvalue weighted by Crippen LogP contribution is 2.12. The largest absolute Gasteiger partial charge is 0.772 e. The Bertz CT molecular complexity index is 454. The van der Waals surface area contributed by atoms with Gasteiger partial charge < -0.3 is 4.55 Å². The fraction of sp³-hybridized carbons (Fsp3) is 0.250. The van der Waals surface area contributed by atoms with Crippen LogP contribution in [0.3, 0.4) is 0 Å². The minimum Gasteiger partial charge on any atom is -0.772 e. The molecule has 1 aromatic rings. The van der Waals surface area contributed by atoms with E-state index in [1.54, 1.807) is 6.19 Å². The molecule has 1 rings (SSSR count). The van der Waals surface area contributed by atoms with Gasteiger partial charge in [0.05, 0.1) is 0 Å². The van der Waals surface area contributed by atoms with Crippen LogP contribution in [0.2, 0.25) is 5.15 Å². The van der Waals surface area contributed by atoms with E-state index < -0.39 is 16.8 Å². The van der Waals surface area contributed by atoms with Crippen molar-refractivity contribution in [3.63, 3.8) is 0 Å². The number of rotatable bonds is 2. The van der Waals surface area contributed by atoms with E-state index in [0.717, 1.165) is 10.0 Å². The van der Waals surface area contributed by atoms with Crippen LogP contribution in [0, 0.1) is 17.3 Å². The van der Waals surface area contributed by atoms with Crippen molar-refractivity contribution in [3.8, 4) is 6.19 Å². The van der Waals surface area contributed by atoms with E-state index in [1.165, 1.54) is 12.5 Å². The van der Waals surface area contributed by atoms with Crippen LogP contribution in [0.5, 0.6) is 0 Å². The number of aromatic nitrogens is 1. The first-order valence-corrected chi connectivity index (χ1v) is 5.74. The number of nitriles is 1.